The fourth-order valence-corrected chi connectivity index (χ4v) is 5.26. The van der Waals surface area contributed by atoms with Crippen molar-refractivity contribution in [2.45, 2.75) is 11.5 Å². The third kappa shape index (κ3) is 4.08. The van der Waals surface area contributed by atoms with Crippen molar-refractivity contribution in [3.63, 3.8) is 0 Å². The zero-order valence-corrected chi connectivity index (χ0v) is 15.0. The highest BCUT2D eigenvalue weighted by Gasteiger charge is 2.17. The Morgan fingerprint density at radius 1 is 1.17 bits per heavy atom. The quantitative estimate of drug-likeness (QED) is 0.714. The van der Waals surface area contributed by atoms with Gasteiger partial charge in [-0.15, -0.1) is 11.3 Å². The number of sulfone groups is 1. The van der Waals surface area contributed by atoms with Gasteiger partial charge in [0.25, 0.3) is 0 Å². The molecule has 3 aromatic rings. The summed E-state index contributed by atoms with van der Waals surface area (Å²) in [5, 5.41) is 6.52. The highest BCUT2D eigenvalue weighted by atomic mass is 32.2. The lowest BCUT2D eigenvalue weighted by Crippen LogP contribution is -2.12. The Morgan fingerprint density at radius 2 is 2.00 bits per heavy atom. The monoisotopic (exact) mass is 378 g/mol. The third-order valence-corrected chi connectivity index (χ3v) is 6.42. The average Bonchev–Trinajstić information content (AvgIpc) is 3.17. The Hall–Kier alpha value is -2.03. The van der Waals surface area contributed by atoms with Crippen LogP contribution >= 0.6 is 22.7 Å². The number of thiazole rings is 1. The van der Waals surface area contributed by atoms with Crippen molar-refractivity contribution in [1.29, 1.82) is 0 Å². The van der Waals surface area contributed by atoms with Crippen molar-refractivity contribution in [3.8, 4) is 10.6 Å². The van der Waals surface area contributed by atoms with E-state index < -0.39 is 15.7 Å². The Bertz CT molecular complexity index is 960. The zero-order chi connectivity index (χ0) is 17.2. The van der Waals surface area contributed by atoms with Gasteiger partial charge in [-0.25, -0.2) is 13.4 Å². The second-order valence-corrected chi connectivity index (χ2v) is 8.96. The summed E-state index contributed by atoms with van der Waals surface area (Å²) in [7, 11) is -3.39. The summed E-state index contributed by atoms with van der Waals surface area (Å²) in [6, 6.07) is 8.32. The summed E-state index contributed by atoms with van der Waals surface area (Å²) in [6.45, 7) is 0. The van der Waals surface area contributed by atoms with Gasteiger partial charge in [-0.05, 0) is 29.1 Å². The Balaban J connectivity index is 1.75. The highest BCUT2D eigenvalue weighted by molar-refractivity contribution is 7.89. The van der Waals surface area contributed by atoms with Crippen molar-refractivity contribution < 1.29 is 13.2 Å². The summed E-state index contributed by atoms with van der Waals surface area (Å²) >= 11 is 3.00. The van der Waals surface area contributed by atoms with E-state index in [-0.39, 0.29) is 11.5 Å². The first kappa shape index (κ1) is 16.8. The first-order valence-electron chi connectivity index (χ1n) is 6.99. The molecule has 0 aliphatic carbocycles. The van der Waals surface area contributed by atoms with Gasteiger partial charge in [0.15, 0.2) is 9.84 Å². The molecule has 0 spiro atoms. The number of hydrogen-bond donors (Lipinski definition) is 1. The van der Waals surface area contributed by atoms with Gasteiger partial charge in [-0.1, -0.05) is 12.1 Å². The van der Waals surface area contributed by atoms with Gasteiger partial charge >= 0.3 is 0 Å². The molecule has 0 bridgehead atoms. The van der Waals surface area contributed by atoms with E-state index in [0.717, 1.165) is 10.6 Å². The molecule has 2 aromatic heterocycles. The number of hydrogen-bond acceptors (Lipinski definition) is 6. The van der Waals surface area contributed by atoms with Crippen molar-refractivity contribution in [2.75, 3.05) is 0 Å². The lowest BCUT2D eigenvalue weighted by Gasteiger charge is -2.04. The van der Waals surface area contributed by atoms with Gasteiger partial charge in [0.05, 0.1) is 17.2 Å². The largest absolute Gasteiger partial charge is 0.366 e. The second-order valence-electron chi connectivity index (χ2n) is 5.25. The third-order valence-electron chi connectivity index (χ3n) is 3.29. The molecule has 0 radical (unpaired) electrons. The molecule has 1 amide bonds. The van der Waals surface area contributed by atoms with Crippen LogP contribution in [-0.4, -0.2) is 19.3 Å². The molecule has 2 heterocycles. The van der Waals surface area contributed by atoms with Gasteiger partial charge in [0.2, 0.25) is 5.91 Å². The normalized spacial score (nSPS) is 11.5. The molecule has 8 heteroatoms. The lowest BCUT2D eigenvalue weighted by atomic mass is 10.1. The number of nitrogens with two attached hydrogens (primary N) is 1. The summed E-state index contributed by atoms with van der Waals surface area (Å²) in [5.41, 5.74) is 7.60. The number of amides is 1. The van der Waals surface area contributed by atoms with Gasteiger partial charge in [-0.2, -0.15) is 11.3 Å². The van der Waals surface area contributed by atoms with E-state index in [1.165, 1.54) is 17.4 Å². The Kier molecular flexibility index (Phi) is 4.79. The van der Waals surface area contributed by atoms with E-state index in [1.807, 2.05) is 16.8 Å². The summed E-state index contributed by atoms with van der Waals surface area (Å²) in [5.74, 6) is -0.859. The van der Waals surface area contributed by atoms with Crippen LogP contribution in [0.4, 0.5) is 0 Å². The smallest absolute Gasteiger partial charge is 0.248 e. The van der Waals surface area contributed by atoms with Crippen LogP contribution in [0.2, 0.25) is 0 Å². The first-order chi connectivity index (χ1) is 11.4. The summed E-state index contributed by atoms with van der Waals surface area (Å²) in [6.07, 6.45) is 0. The van der Waals surface area contributed by atoms with Crippen LogP contribution in [0.5, 0.6) is 0 Å². The molecular weight excluding hydrogens is 364 g/mol. The molecule has 5 nitrogen and oxygen atoms in total. The first-order valence-corrected chi connectivity index (χ1v) is 10.6. The SMILES string of the molecule is NC(=O)c1cccc(CS(=O)(=O)Cc2csc(-c3ccsc3)n2)c1. The fraction of sp³-hybridized carbons (Fsp3) is 0.125. The van der Waals surface area contributed by atoms with Gasteiger partial charge in [0.1, 0.15) is 5.01 Å². The lowest BCUT2D eigenvalue weighted by molar-refractivity contribution is 0.1000. The topological polar surface area (TPSA) is 90.1 Å². The molecule has 0 atom stereocenters. The fourth-order valence-electron chi connectivity index (χ4n) is 2.24. The summed E-state index contributed by atoms with van der Waals surface area (Å²) < 4.78 is 24.8. The number of rotatable bonds is 6. The van der Waals surface area contributed by atoms with Crippen molar-refractivity contribution in [3.05, 3.63) is 63.3 Å². The van der Waals surface area contributed by atoms with Crippen LogP contribution in [0.3, 0.4) is 0 Å². The molecule has 0 aliphatic rings. The maximum absolute atomic E-state index is 12.4. The van der Waals surface area contributed by atoms with E-state index in [9.17, 15) is 13.2 Å². The van der Waals surface area contributed by atoms with Crippen LogP contribution in [-0.2, 0) is 21.3 Å². The number of carbonyl (C=O) groups is 1. The van der Waals surface area contributed by atoms with Gasteiger partial charge in [0, 0.05) is 21.9 Å². The zero-order valence-electron chi connectivity index (χ0n) is 12.5. The molecule has 124 valence electrons. The molecule has 0 unspecified atom stereocenters. The molecule has 0 saturated heterocycles. The van der Waals surface area contributed by atoms with Crippen LogP contribution < -0.4 is 5.73 Å². The van der Waals surface area contributed by atoms with Gasteiger partial charge in [-0.3, -0.25) is 4.79 Å². The minimum Gasteiger partial charge on any atom is -0.366 e. The number of nitrogens with zero attached hydrogens (tertiary/aromatic N) is 1. The standard InChI is InChI=1S/C16H14N2O3S3/c17-15(19)12-3-1-2-11(6-12)9-24(20,21)10-14-8-23-16(18-14)13-4-5-22-7-13/h1-8H,9-10H2,(H2,17,19). The molecule has 0 saturated carbocycles. The second kappa shape index (κ2) is 6.84. The maximum Gasteiger partial charge on any atom is 0.248 e. The van der Waals surface area contributed by atoms with Crippen molar-refractivity contribution >= 4 is 38.4 Å². The number of primary amides is 1. The van der Waals surface area contributed by atoms with Gasteiger partial charge < -0.3 is 5.73 Å². The number of thiophene rings is 1. The molecule has 0 aliphatic heterocycles. The number of benzene rings is 1. The number of aromatic nitrogens is 1. The van der Waals surface area contributed by atoms with E-state index in [1.54, 1.807) is 34.9 Å². The van der Waals surface area contributed by atoms with E-state index in [2.05, 4.69) is 4.98 Å². The highest BCUT2D eigenvalue weighted by Crippen LogP contribution is 2.26. The predicted octanol–water partition coefficient (Wildman–Crippen LogP) is 3.09. The minimum absolute atomic E-state index is 0.131. The number of carbonyl (C=O) groups excluding carboxylic acids is 1. The molecule has 1 aromatic carbocycles. The summed E-state index contributed by atoms with van der Waals surface area (Å²) in [4.78, 5) is 15.6. The van der Waals surface area contributed by atoms with Crippen LogP contribution in [0.1, 0.15) is 21.6 Å². The van der Waals surface area contributed by atoms with E-state index >= 15 is 0 Å². The maximum atomic E-state index is 12.4. The van der Waals surface area contributed by atoms with Crippen LogP contribution in [0, 0.1) is 0 Å². The molecule has 0 fully saturated rings. The average molecular weight is 378 g/mol. The Morgan fingerprint density at radius 3 is 2.71 bits per heavy atom. The van der Waals surface area contributed by atoms with Crippen LogP contribution in [0.25, 0.3) is 10.6 Å². The van der Waals surface area contributed by atoms with E-state index in [0.29, 0.717) is 16.8 Å². The molecule has 2 N–H and O–H groups in total. The Labute approximate surface area is 147 Å². The minimum atomic E-state index is -3.39. The molecular formula is C16H14N2O3S3. The predicted molar refractivity (Wildman–Crippen MR) is 96.7 cm³/mol. The van der Waals surface area contributed by atoms with Crippen molar-refractivity contribution in [2.24, 2.45) is 5.73 Å². The molecule has 3 rings (SSSR count). The van der Waals surface area contributed by atoms with E-state index in [4.69, 9.17) is 5.73 Å². The van der Waals surface area contributed by atoms with Crippen molar-refractivity contribution in [1.82, 2.24) is 4.98 Å². The van der Waals surface area contributed by atoms with Crippen LogP contribution in [0.15, 0.2) is 46.5 Å². The molecule has 24 heavy (non-hydrogen) atoms.